The van der Waals surface area contributed by atoms with Crippen LogP contribution in [0.5, 0.6) is 0 Å². The maximum atomic E-state index is 13.0. The standard InChI is InChI=1S/C21H22ClN5O2/c22-13-4-5-18(24-12-13)25-17-3-1-2-16-15(17)10-21(16)11-19(28)27(20(23)26-21)14-6-8-29-9-7-14/h1-5,12,14H,6-11H2,(H2,23,26)(H,24,25)/t21-/m0/s1. The van der Waals surface area contributed by atoms with E-state index in [-0.39, 0.29) is 17.9 Å². The zero-order valence-electron chi connectivity index (χ0n) is 15.9. The highest BCUT2D eigenvalue weighted by molar-refractivity contribution is 6.30. The molecule has 5 rings (SSSR count). The van der Waals surface area contributed by atoms with Crippen molar-refractivity contribution in [2.45, 2.75) is 37.3 Å². The van der Waals surface area contributed by atoms with Crippen molar-refractivity contribution in [3.63, 3.8) is 0 Å². The number of hydrogen-bond acceptors (Lipinski definition) is 5. The van der Waals surface area contributed by atoms with E-state index in [1.165, 1.54) is 0 Å². The van der Waals surface area contributed by atoms with Crippen molar-refractivity contribution >= 4 is 35.0 Å². The van der Waals surface area contributed by atoms with Gasteiger partial charge < -0.3 is 15.4 Å². The van der Waals surface area contributed by atoms with Crippen LogP contribution in [0.3, 0.4) is 0 Å². The van der Waals surface area contributed by atoms with Crippen molar-refractivity contribution in [2.75, 3.05) is 18.5 Å². The Kier molecular flexibility index (Phi) is 4.44. The van der Waals surface area contributed by atoms with Crippen molar-refractivity contribution < 1.29 is 9.53 Å². The van der Waals surface area contributed by atoms with Gasteiger partial charge in [-0.2, -0.15) is 0 Å². The molecule has 3 heterocycles. The van der Waals surface area contributed by atoms with Crippen LogP contribution in [0, 0.1) is 5.41 Å². The monoisotopic (exact) mass is 411 g/mol. The van der Waals surface area contributed by atoms with Crippen LogP contribution in [-0.4, -0.2) is 41.0 Å². The number of hydrogen-bond donors (Lipinski definition) is 3. The van der Waals surface area contributed by atoms with Gasteiger partial charge in [-0.05, 0) is 42.2 Å². The van der Waals surface area contributed by atoms with E-state index in [0.29, 0.717) is 31.1 Å². The maximum Gasteiger partial charge on any atom is 0.232 e. The van der Waals surface area contributed by atoms with Crippen molar-refractivity contribution in [3.8, 4) is 0 Å². The highest BCUT2D eigenvalue weighted by Gasteiger charge is 2.51. The Bertz CT molecular complexity index is 954. The molecule has 1 spiro atoms. The lowest BCUT2D eigenvalue weighted by Gasteiger charge is -2.51. The molecule has 8 heteroatoms. The summed E-state index contributed by atoms with van der Waals surface area (Å²) in [5.41, 5.74) is 2.70. The number of anilines is 2. The molecule has 0 unspecified atom stereocenters. The molecule has 1 amide bonds. The molecule has 2 fully saturated rings. The number of aromatic nitrogens is 1. The van der Waals surface area contributed by atoms with E-state index in [2.05, 4.69) is 15.6 Å². The van der Waals surface area contributed by atoms with E-state index in [1.807, 2.05) is 24.3 Å². The van der Waals surface area contributed by atoms with Crippen molar-refractivity contribution in [1.29, 1.82) is 5.41 Å². The maximum absolute atomic E-state index is 13.0. The zero-order valence-corrected chi connectivity index (χ0v) is 16.6. The van der Waals surface area contributed by atoms with Crippen LogP contribution in [0.2, 0.25) is 5.02 Å². The first-order valence-electron chi connectivity index (χ1n) is 9.83. The molecular formula is C21H22ClN5O2. The van der Waals surface area contributed by atoms with E-state index in [4.69, 9.17) is 21.7 Å². The number of halogens is 1. The Labute approximate surface area is 173 Å². The van der Waals surface area contributed by atoms with Gasteiger partial charge in [0, 0.05) is 37.6 Å². The average molecular weight is 412 g/mol. The van der Waals surface area contributed by atoms with Gasteiger partial charge in [0.05, 0.1) is 17.0 Å². The van der Waals surface area contributed by atoms with Gasteiger partial charge >= 0.3 is 0 Å². The minimum Gasteiger partial charge on any atom is -0.381 e. The van der Waals surface area contributed by atoms with Crippen LogP contribution in [0.4, 0.5) is 11.5 Å². The largest absolute Gasteiger partial charge is 0.381 e. The number of nitrogens with zero attached hydrogens (tertiary/aromatic N) is 2. The summed E-state index contributed by atoms with van der Waals surface area (Å²) >= 11 is 5.91. The van der Waals surface area contributed by atoms with Gasteiger partial charge in [0.15, 0.2) is 5.96 Å². The van der Waals surface area contributed by atoms with Gasteiger partial charge in [0.1, 0.15) is 5.82 Å². The molecule has 3 aliphatic rings. The minimum atomic E-state index is -0.490. The SMILES string of the molecule is N=C1N[C@]2(CC(=O)N1C1CCOCC1)Cc1c(Nc3ccc(Cl)cn3)cccc12. The Morgan fingerprint density at radius 1 is 1.24 bits per heavy atom. The Morgan fingerprint density at radius 3 is 2.79 bits per heavy atom. The first-order chi connectivity index (χ1) is 14.1. The number of rotatable bonds is 3. The van der Waals surface area contributed by atoms with E-state index in [9.17, 15) is 4.79 Å². The molecule has 7 nitrogen and oxygen atoms in total. The molecule has 29 heavy (non-hydrogen) atoms. The van der Waals surface area contributed by atoms with Crippen LogP contribution in [-0.2, 0) is 21.5 Å². The number of benzene rings is 1. The predicted octanol–water partition coefficient (Wildman–Crippen LogP) is 3.17. The summed E-state index contributed by atoms with van der Waals surface area (Å²) in [6, 6.07) is 9.69. The van der Waals surface area contributed by atoms with Gasteiger partial charge in [-0.3, -0.25) is 15.1 Å². The molecule has 1 aromatic carbocycles. The quantitative estimate of drug-likeness (QED) is 0.721. The fraction of sp³-hybridized carbons (Fsp3) is 0.381. The molecule has 1 aliphatic carbocycles. The molecular weight excluding hydrogens is 390 g/mol. The Balaban J connectivity index is 1.37. The summed E-state index contributed by atoms with van der Waals surface area (Å²) in [6.07, 6.45) is 4.22. The zero-order chi connectivity index (χ0) is 20.0. The van der Waals surface area contributed by atoms with Crippen molar-refractivity contribution in [3.05, 3.63) is 52.7 Å². The van der Waals surface area contributed by atoms with Crippen LogP contribution in [0.25, 0.3) is 0 Å². The second-order valence-electron chi connectivity index (χ2n) is 7.83. The number of pyridine rings is 1. The number of carbonyl (C=O) groups is 1. The number of guanidine groups is 1. The van der Waals surface area contributed by atoms with Crippen LogP contribution in [0.1, 0.15) is 30.4 Å². The minimum absolute atomic E-state index is 0.0176. The first kappa shape index (κ1) is 18.4. The fourth-order valence-electron chi connectivity index (χ4n) is 4.62. The van der Waals surface area contributed by atoms with Gasteiger partial charge in [0.2, 0.25) is 5.91 Å². The van der Waals surface area contributed by atoms with E-state index >= 15 is 0 Å². The molecule has 2 aliphatic heterocycles. The molecule has 0 bridgehead atoms. The van der Waals surface area contributed by atoms with Crippen LogP contribution < -0.4 is 10.6 Å². The summed E-state index contributed by atoms with van der Waals surface area (Å²) < 4.78 is 5.40. The smallest absolute Gasteiger partial charge is 0.232 e. The van der Waals surface area contributed by atoms with Gasteiger partial charge in [0.25, 0.3) is 0 Å². The molecule has 150 valence electrons. The number of carbonyl (C=O) groups excluding carboxylic acids is 1. The lowest BCUT2D eigenvalue weighted by atomic mass is 9.67. The van der Waals surface area contributed by atoms with Crippen LogP contribution in [0.15, 0.2) is 36.5 Å². The number of ether oxygens (including phenoxy) is 1. The van der Waals surface area contributed by atoms with E-state index in [0.717, 1.165) is 35.5 Å². The molecule has 1 aromatic heterocycles. The van der Waals surface area contributed by atoms with Gasteiger partial charge in [-0.1, -0.05) is 23.7 Å². The highest BCUT2D eigenvalue weighted by atomic mass is 35.5. The van der Waals surface area contributed by atoms with Gasteiger partial charge in [-0.25, -0.2) is 4.98 Å². The topological polar surface area (TPSA) is 90.3 Å². The normalized spacial score (nSPS) is 24.1. The van der Waals surface area contributed by atoms with Crippen molar-refractivity contribution in [2.24, 2.45) is 0 Å². The molecule has 1 atom stereocenters. The number of amides is 1. The highest BCUT2D eigenvalue weighted by Crippen LogP contribution is 2.47. The molecule has 2 saturated heterocycles. The summed E-state index contributed by atoms with van der Waals surface area (Å²) in [5, 5.41) is 15.8. The molecule has 2 aromatic rings. The number of nitrogens with one attached hydrogen (secondary N) is 3. The first-order valence-corrected chi connectivity index (χ1v) is 10.2. The molecule has 0 saturated carbocycles. The summed E-state index contributed by atoms with van der Waals surface area (Å²) in [5.74, 6) is 0.940. The third-order valence-electron chi connectivity index (χ3n) is 6.04. The second kappa shape index (κ2) is 7.00. The average Bonchev–Trinajstić information content (AvgIpc) is 2.70. The molecule has 3 N–H and O–H groups in total. The third-order valence-corrected chi connectivity index (χ3v) is 6.26. The number of fused-ring (bicyclic) bond motifs is 2. The third kappa shape index (κ3) is 3.14. The predicted molar refractivity (Wildman–Crippen MR) is 111 cm³/mol. The molecule has 0 radical (unpaired) electrons. The lowest BCUT2D eigenvalue weighted by Crippen LogP contribution is -2.66. The summed E-state index contributed by atoms with van der Waals surface area (Å²) in [4.78, 5) is 18.9. The van der Waals surface area contributed by atoms with Crippen LogP contribution >= 0.6 is 11.6 Å². The lowest BCUT2D eigenvalue weighted by molar-refractivity contribution is -0.134. The Morgan fingerprint density at radius 2 is 2.07 bits per heavy atom. The summed E-state index contributed by atoms with van der Waals surface area (Å²) in [7, 11) is 0. The van der Waals surface area contributed by atoms with Crippen molar-refractivity contribution in [1.82, 2.24) is 15.2 Å². The second-order valence-corrected chi connectivity index (χ2v) is 8.27. The fourth-order valence-corrected chi connectivity index (χ4v) is 4.73. The summed E-state index contributed by atoms with van der Waals surface area (Å²) in [6.45, 7) is 1.28. The van der Waals surface area contributed by atoms with E-state index < -0.39 is 5.54 Å². The van der Waals surface area contributed by atoms with Gasteiger partial charge in [-0.15, -0.1) is 0 Å². The van der Waals surface area contributed by atoms with E-state index in [1.54, 1.807) is 17.2 Å². The Hall–Kier alpha value is -2.64.